The van der Waals surface area contributed by atoms with Crippen LogP contribution in [0.25, 0.3) is 23.3 Å². The number of aryl methyl sites for hydroxylation is 2. The van der Waals surface area contributed by atoms with E-state index in [9.17, 15) is 0 Å². The van der Waals surface area contributed by atoms with Crippen LogP contribution in [-0.2, 0) is 5.41 Å². The van der Waals surface area contributed by atoms with E-state index in [4.69, 9.17) is 0 Å². The Morgan fingerprint density at radius 1 is 0.645 bits per heavy atom. The van der Waals surface area contributed by atoms with Crippen molar-refractivity contribution in [1.82, 2.24) is 0 Å². The highest BCUT2D eigenvalue weighted by Crippen LogP contribution is 2.58. The first kappa shape index (κ1) is 19.3. The SMILES string of the molecule is C=Cc1c(C)cc2c(c1C=C)-c1ccc(C)cc1C2(c1ccccc1)c1ccccc1. The van der Waals surface area contributed by atoms with E-state index in [1.807, 2.05) is 12.2 Å². The molecule has 0 N–H and O–H groups in total. The standard InChI is InChI=1S/C31H26/c1-5-25-22(4)20-29-30(26(25)6-2)27-18-17-21(3)19-28(27)31(29,23-13-9-7-10-14-23)24-15-11-8-12-16-24/h5-20H,1-2H2,3-4H3. The minimum atomic E-state index is -0.374. The fraction of sp³-hybridized carbons (Fsp3) is 0.0968. The molecule has 4 aromatic carbocycles. The van der Waals surface area contributed by atoms with Crippen molar-refractivity contribution in [2.45, 2.75) is 19.3 Å². The van der Waals surface area contributed by atoms with Gasteiger partial charge in [-0.3, -0.25) is 0 Å². The molecule has 0 radical (unpaired) electrons. The maximum atomic E-state index is 4.19. The fourth-order valence-corrected chi connectivity index (χ4v) is 5.42. The van der Waals surface area contributed by atoms with Gasteiger partial charge >= 0.3 is 0 Å². The molecular weight excluding hydrogens is 372 g/mol. The highest BCUT2D eigenvalue weighted by Gasteiger charge is 2.47. The number of fused-ring (bicyclic) bond motifs is 3. The molecule has 31 heavy (non-hydrogen) atoms. The molecule has 0 aromatic heterocycles. The predicted octanol–water partition coefficient (Wildman–Crippen LogP) is 7.95. The summed E-state index contributed by atoms with van der Waals surface area (Å²) in [5, 5.41) is 0. The monoisotopic (exact) mass is 398 g/mol. The summed E-state index contributed by atoms with van der Waals surface area (Å²) in [6, 6.07) is 31.1. The van der Waals surface area contributed by atoms with Crippen LogP contribution < -0.4 is 0 Å². The van der Waals surface area contributed by atoms with Gasteiger partial charge in [-0.15, -0.1) is 0 Å². The van der Waals surface area contributed by atoms with Gasteiger partial charge in [0.15, 0.2) is 0 Å². The van der Waals surface area contributed by atoms with Crippen LogP contribution in [0, 0.1) is 13.8 Å². The second kappa shape index (κ2) is 7.25. The molecular formula is C31H26. The van der Waals surface area contributed by atoms with Crippen LogP contribution >= 0.6 is 0 Å². The summed E-state index contributed by atoms with van der Waals surface area (Å²) in [6.45, 7) is 12.7. The van der Waals surface area contributed by atoms with Gasteiger partial charge in [0.1, 0.15) is 0 Å². The Kier molecular flexibility index (Phi) is 4.52. The Hall–Kier alpha value is -3.64. The number of hydrogen-bond donors (Lipinski definition) is 0. The Morgan fingerprint density at radius 2 is 1.23 bits per heavy atom. The van der Waals surface area contributed by atoms with E-state index in [1.54, 1.807) is 0 Å². The van der Waals surface area contributed by atoms with Crippen molar-refractivity contribution >= 4 is 12.2 Å². The van der Waals surface area contributed by atoms with Crippen LogP contribution in [0.15, 0.2) is 98.1 Å². The average molecular weight is 399 g/mol. The van der Waals surface area contributed by atoms with Crippen molar-refractivity contribution in [3.63, 3.8) is 0 Å². The molecule has 1 aliphatic carbocycles. The van der Waals surface area contributed by atoms with Crippen LogP contribution in [0.2, 0.25) is 0 Å². The minimum Gasteiger partial charge on any atom is -0.0984 e. The third kappa shape index (κ3) is 2.61. The quantitative estimate of drug-likeness (QED) is 0.288. The van der Waals surface area contributed by atoms with Crippen molar-refractivity contribution < 1.29 is 0 Å². The molecule has 5 rings (SSSR count). The predicted molar refractivity (Wildman–Crippen MR) is 133 cm³/mol. The minimum absolute atomic E-state index is 0.374. The van der Waals surface area contributed by atoms with Gasteiger partial charge in [-0.1, -0.05) is 116 Å². The lowest BCUT2D eigenvalue weighted by Crippen LogP contribution is -2.28. The summed E-state index contributed by atoms with van der Waals surface area (Å²) in [5.41, 5.74) is 12.2. The molecule has 0 atom stereocenters. The zero-order valence-corrected chi connectivity index (χ0v) is 18.2. The molecule has 4 aromatic rings. The summed E-state index contributed by atoms with van der Waals surface area (Å²) < 4.78 is 0. The third-order valence-corrected chi connectivity index (χ3v) is 6.69. The maximum Gasteiger partial charge on any atom is 0.0713 e. The van der Waals surface area contributed by atoms with E-state index >= 15 is 0 Å². The van der Waals surface area contributed by atoms with Crippen molar-refractivity contribution in [2.24, 2.45) is 0 Å². The van der Waals surface area contributed by atoms with Crippen molar-refractivity contribution in [2.75, 3.05) is 0 Å². The van der Waals surface area contributed by atoms with Crippen molar-refractivity contribution in [3.05, 3.63) is 143 Å². The normalized spacial score (nSPS) is 13.4. The van der Waals surface area contributed by atoms with E-state index < -0.39 is 0 Å². The highest BCUT2D eigenvalue weighted by atomic mass is 14.5. The molecule has 150 valence electrons. The first-order valence-corrected chi connectivity index (χ1v) is 10.8. The van der Waals surface area contributed by atoms with E-state index in [-0.39, 0.29) is 5.41 Å². The van der Waals surface area contributed by atoms with Crippen LogP contribution in [0.3, 0.4) is 0 Å². The molecule has 0 bridgehead atoms. The summed E-state index contributed by atoms with van der Waals surface area (Å²) in [4.78, 5) is 0. The van der Waals surface area contributed by atoms with Crippen LogP contribution in [0.5, 0.6) is 0 Å². The van der Waals surface area contributed by atoms with Gasteiger partial charge in [0.25, 0.3) is 0 Å². The Morgan fingerprint density at radius 3 is 1.77 bits per heavy atom. The van der Waals surface area contributed by atoms with Gasteiger partial charge < -0.3 is 0 Å². The van der Waals surface area contributed by atoms with E-state index in [1.165, 1.54) is 50.1 Å². The Balaban J connectivity index is 2.06. The molecule has 0 saturated heterocycles. The fourth-order valence-electron chi connectivity index (χ4n) is 5.42. The number of benzene rings is 4. The molecule has 0 heteroatoms. The highest BCUT2D eigenvalue weighted by molar-refractivity contribution is 5.94. The van der Waals surface area contributed by atoms with Gasteiger partial charge in [-0.05, 0) is 63.9 Å². The lowest BCUT2D eigenvalue weighted by molar-refractivity contribution is 0.766. The summed E-state index contributed by atoms with van der Waals surface area (Å²) in [6.07, 6.45) is 3.96. The van der Waals surface area contributed by atoms with Crippen LogP contribution in [0.4, 0.5) is 0 Å². The third-order valence-electron chi connectivity index (χ3n) is 6.69. The van der Waals surface area contributed by atoms with Crippen LogP contribution in [0.1, 0.15) is 44.5 Å². The van der Waals surface area contributed by atoms with Gasteiger partial charge in [-0.25, -0.2) is 0 Å². The number of hydrogen-bond acceptors (Lipinski definition) is 0. The second-order valence-corrected chi connectivity index (χ2v) is 8.38. The van der Waals surface area contributed by atoms with Gasteiger partial charge in [0.2, 0.25) is 0 Å². The van der Waals surface area contributed by atoms with Crippen molar-refractivity contribution in [1.29, 1.82) is 0 Å². The first-order valence-electron chi connectivity index (χ1n) is 10.8. The average Bonchev–Trinajstić information content (AvgIpc) is 3.09. The van der Waals surface area contributed by atoms with Crippen molar-refractivity contribution in [3.8, 4) is 11.1 Å². The lowest BCUT2D eigenvalue weighted by Gasteiger charge is -2.34. The molecule has 0 nitrogen and oxygen atoms in total. The molecule has 0 saturated carbocycles. The number of rotatable bonds is 4. The molecule has 0 fully saturated rings. The van der Waals surface area contributed by atoms with Gasteiger partial charge in [0.05, 0.1) is 5.41 Å². The molecule has 0 heterocycles. The Bertz CT molecular complexity index is 1270. The molecule has 0 amide bonds. The van der Waals surface area contributed by atoms with E-state index in [2.05, 4.69) is 112 Å². The van der Waals surface area contributed by atoms with Gasteiger partial charge in [0, 0.05) is 0 Å². The first-order chi connectivity index (χ1) is 15.1. The summed E-state index contributed by atoms with van der Waals surface area (Å²) >= 11 is 0. The molecule has 0 aliphatic heterocycles. The topological polar surface area (TPSA) is 0 Å². The zero-order valence-electron chi connectivity index (χ0n) is 18.2. The van der Waals surface area contributed by atoms with E-state index in [0.717, 1.165) is 5.56 Å². The lowest BCUT2D eigenvalue weighted by atomic mass is 9.67. The van der Waals surface area contributed by atoms with E-state index in [0.29, 0.717) is 0 Å². The van der Waals surface area contributed by atoms with Gasteiger partial charge in [-0.2, -0.15) is 0 Å². The van der Waals surface area contributed by atoms with Crippen LogP contribution in [-0.4, -0.2) is 0 Å². The smallest absolute Gasteiger partial charge is 0.0713 e. The molecule has 0 spiro atoms. The second-order valence-electron chi connectivity index (χ2n) is 8.38. The zero-order chi connectivity index (χ0) is 21.6. The summed E-state index contributed by atoms with van der Waals surface area (Å²) in [7, 11) is 0. The molecule has 0 unspecified atom stereocenters. The Labute approximate surface area is 185 Å². The largest absolute Gasteiger partial charge is 0.0984 e. The maximum absolute atomic E-state index is 4.19. The molecule has 1 aliphatic rings. The summed E-state index contributed by atoms with van der Waals surface area (Å²) in [5.74, 6) is 0.